The first-order valence-corrected chi connectivity index (χ1v) is 14.0. The lowest BCUT2D eigenvalue weighted by Gasteiger charge is -2.37. The van der Waals surface area contributed by atoms with Gasteiger partial charge in [-0.05, 0) is 40.8 Å². The summed E-state index contributed by atoms with van der Waals surface area (Å²) in [6.07, 6.45) is 0.269. The zero-order chi connectivity index (χ0) is 27.1. The van der Waals surface area contributed by atoms with E-state index in [0.717, 1.165) is 11.3 Å². The number of benzene rings is 4. The van der Waals surface area contributed by atoms with Gasteiger partial charge in [0.2, 0.25) is 0 Å². The fourth-order valence-electron chi connectivity index (χ4n) is 5.28. The second-order valence-electron chi connectivity index (χ2n) is 9.65. The zero-order valence-electron chi connectivity index (χ0n) is 22.0. The lowest BCUT2D eigenvalue weighted by atomic mass is 9.84. The summed E-state index contributed by atoms with van der Waals surface area (Å²) in [5.74, 6) is 0.753. The first kappa shape index (κ1) is 26.9. The summed E-state index contributed by atoms with van der Waals surface area (Å²) in [4.78, 5) is 14.9. The van der Waals surface area contributed by atoms with E-state index in [9.17, 15) is 9.90 Å². The molecule has 1 N–H and O–H groups in total. The smallest absolute Gasteiger partial charge is 0.410 e. The topological polar surface area (TPSA) is 59.0 Å². The molecular formula is C33H33NO4S. The van der Waals surface area contributed by atoms with Crippen molar-refractivity contribution in [3.63, 3.8) is 0 Å². The first-order valence-electron chi connectivity index (χ1n) is 13.2. The largest absolute Gasteiger partial charge is 0.497 e. The average molecular weight is 540 g/mol. The summed E-state index contributed by atoms with van der Waals surface area (Å²) >= 11 is 1.84. The van der Waals surface area contributed by atoms with E-state index in [4.69, 9.17) is 9.47 Å². The van der Waals surface area contributed by atoms with E-state index in [0.29, 0.717) is 13.0 Å². The van der Waals surface area contributed by atoms with Crippen molar-refractivity contribution in [3.05, 3.63) is 138 Å². The number of likely N-dealkylation sites (tertiary alicyclic amines) is 1. The van der Waals surface area contributed by atoms with Gasteiger partial charge >= 0.3 is 6.09 Å². The molecule has 1 saturated heterocycles. The highest BCUT2D eigenvalue weighted by molar-refractivity contribution is 8.01. The molecule has 1 amide bonds. The van der Waals surface area contributed by atoms with Crippen LogP contribution in [0.5, 0.6) is 5.75 Å². The lowest BCUT2D eigenvalue weighted by molar-refractivity contribution is 0.0796. The molecule has 0 aromatic heterocycles. The van der Waals surface area contributed by atoms with Crippen molar-refractivity contribution in [1.29, 1.82) is 0 Å². The van der Waals surface area contributed by atoms with Crippen LogP contribution in [0.3, 0.4) is 0 Å². The van der Waals surface area contributed by atoms with Crippen molar-refractivity contribution in [3.8, 4) is 5.75 Å². The number of nitrogens with zero attached hydrogens (tertiary/aromatic N) is 1. The Labute approximate surface area is 234 Å². The zero-order valence-corrected chi connectivity index (χ0v) is 22.8. The molecule has 1 aliphatic rings. The summed E-state index contributed by atoms with van der Waals surface area (Å²) in [6, 6.07) is 38.7. The van der Waals surface area contributed by atoms with Crippen molar-refractivity contribution < 1.29 is 19.4 Å². The summed E-state index contributed by atoms with van der Waals surface area (Å²) in [6.45, 7) is 0.548. The van der Waals surface area contributed by atoms with Crippen LogP contribution in [0.15, 0.2) is 115 Å². The van der Waals surface area contributed by atoms with E-state index in [1.54, 1.807) is 12.0 Å². The molecule has 2 atom stereocenters. The lowest BCUT2D eigenvalue weighted by Crippen LogP contribution is -2.38. The van der Waals surface area contributed by atoms with Crippen LogP contribution in [0.1, 0.15) is 28.7 Å². The summed E-state index contributed by atoms with van der Waals surface area (Å²) in [7, 11) is 1.62. The third-order valence-electron chi connectivity index (χ3n) is 7.23. The van der Waals surface area contributed by atoms with Crippen LogP contribution >= 0.6 is 11.8 Å². The van der Waals surface area contributed by atoms with E-state index < -0.39 is 10.8 Å². The number of hydrogen-bond donors (Lipinski definition) is 1. The molecule has 0 radical (unpaired) electrons. The van der Waals surface area contributed by atoms with Crippen molar-refractivity contribution in [2.75, 3.05) is 20.3 Å². The summed E-state index contributed by atoms with van der Waals surface area (Å²) < 4.78 is 10.4. The van der Waals surface area contributed by atoms with Crippen LogP contribution in [0, 0.1) is 0 Å². The standard InChI is InChI=1S/C33H33NO4S/c1-37-30-19-17-25(18-20-30)24-38-32(36)34-22-31(21-29(34)23-35)39-33(26-11-5-2-6-12-26,27-13-7-3-8-14-27)28-15-9-4-10-16-28/h2-20,29,31,35H,21-24H2,1H3/t29-,31-/m0/s1. The number of carbonyl (C=O) groups excluding carboxylic acids is 1. The van der Waals surface area contributed by atoms with Crippen molar-refractivity contribution in [1.82, 2.24) is 4.90 Å². The molecule has 1 heterocycles. The van der Waals surface area contributed by atoms with Crippen molar-refractivity contribution in [2.24, 2.45) is 0 Å². The first-order chi connectivity index (χ1) is 19.1. The monoisotopic (exact) mass is 539 g/mol. The van der Waals surface area contributed by atoms with Crippen molar-refractivity contribution in [2.45, 2.75) is 29.1 Å². The van der Waals surface area contributed by atoms with Crippen LogP contribution in [0.25, 0.3) is 0 Å². The van der Waals surface area contributed by atoms with Gasteiger partial charge in [0.1, 0.15) is 12.4 Å². The van der Waals surface area contributed by atoms with Gasteiger partial charge in [0.25, 0.3) is 0 Å². The molecule has 5 rings (SSSR count). The molecule has 0 spiro atoms. The van der Waals surface area contributed by atoms with Gasteiger partial charge in [0, 0.05) is 11.8 Å². The number of carbonyl (C=O) groups is 1. The predicted octanol–water partition coefficient (Wildman–Crippen LogP) is 6.49. The van der Waals surface area contributed by atoms with E-state index >= 15 is 0 Å². The molecule has 0 unspecified atom stereocenters. The minimum absolute atomic E-state index is 0.0799. The van der Waals surface area contributed by atoms with Crippen LogP contribution in [-0.4, -0.2) is 47.7 Å². The van der Waals surface area contributed by atoms with Gasteiger partial charge in [-0.3, -0.25) is 0 Å². The molecule has 0 bridgehead atoms. The van der Waals surface area contributed by atoms with Crippen molar-refractivity contribution >= 4 is 17.9 Å². The third-order valence-corrected chi connectivity index (χ3v) is 8.96. The number of methoxy groups -OCH3 is 1. The highest BCUT2D eigenvalue weighted by atomic mass is 32.2. The van der Waals surface area contributed by atoms with Gasteiger partial charge in [-0.15, -0.1) is 11.8 Å². The predicted molar refractivity (Wildman–Crippen MR) is 156 cm³/mol. The third kappa shape index (κ3) is 5.82. The maximum atomic E-state index is 13.2. The maximum absolute atomic E-state index is 13.2. The quantitative estimate of drug-likeness (QED) is 0.246. The molecule has 6 heteroatoms. The van der Waals surface area contributed by atoms with Crippen LogP contribution in [0.4, 0.5) is 4.79 Å². The Bertz CT molecular complexity index is 1240. The fraction of sp³-hybridized carbons (Fsp3) is 0.242. The number of amides is 1. The number of aliphatic hydroxyl groups is 1. The van der Waals surface area contributed by atoms with E-state index in [1.807, 2.05) is 54.2 Å². The minimum Gasteiger partial charge on any atom is -0.497 e. The Morgan fingerprint density at radius 1 is 0.846 bits per heavy atom. The Balaban J connectivity index is 1.42. The molecule has 1 aliphatic heterocycles. The summed E-state index contributed by atoms with van der Waals surface area (Å²) in [5, 5.41) is 10.3. The van der Waals surface area contributed by atoms with Gasteiger partial charge in [0.05, 0.1) is 24.5 Å². The Kier molecular flexibility index (Phi) is 8.54. The Morgan fingerprint density at radius 2 is 1.36 bits per heavy atom. The van der Waals surface area contributed by atoms with Crippen LogP contribution in [0.2, 0.25) is 0 Å². The maximum Gasteiger partial charge on any atom is 0.410 e. The molecule has 0 saturated carbocycles. The molecule has 1 fully saturated rings. The average Bonchev–Trinajstić information content (AvgIpc) is 3.43. The van der Waals surface area contributed by atoms with Gasteiger partial charge in [-0.25, -0.2) is 4.79 Å². The SMILES string of the molecule is COc1ccc(COC(=O)N2C[C@@H](SC(c3ccccc3)(c3ccccc3)c3ccccc3)C[C@H]2CO)cc1. The minimum atomic E-state index is -0.489. The van der Waals surface area contributed by atoms with Gasteiger partial charge < -0.3 is 19.5 Å². The Hall–Kier alpha value is -3.74. The number of thioether (sulfide) groups is 1. The molecule has 0 aliphatic carbocycles. The van der Waals surface area contributed by atoms with Gasteiger partial charge in [-0.2, -0.15) is 0 Å². The van der Waals surface area contributed by atoms with E-state index in [-0.39, 0.29) is 24.5 Å². The Morgan fingerprint density at radius 3 is 1.82 bits per heavy atom. The molecule has 200 valence electrons. The summed E-state index contributed by atoms with van der Waals surface area (Å²) in [5.41, 5.74) is 4.40. The highest BCUT2D eigenvalue weighted by Gasteiger charge is 2.44. The van der Waals surface area contributed by atoms with E-state index in [1.165, 1.54) is 16.7 Å². The normalized spacial score (nSPS) is 17.1. The van der Waals surface area contributed by atoms with Crippen LogP contribution < -0.4 is 4.74 Å². The van der Waals surface area contributed by atoms with Gasteiger partial charge in [-0.1, -0.05) is 103 Å². The van der Waals surface area contributed by atoms with Gasteiger partial charge in [0.15, 0.2) is 0 Å². The molecule has 4 aromatic carbocycles. The number of rotatable bonds is 9. The molecule has 5 nitrogen and oxygen atoms in total. The number of aliphatic hydroxyl groups excluding tert-OH is 1. The molecule has 39 heavy (non-hydrogen) atoms. The van der Waals surface area contributed by atoms with Crippen LogP contribution in [-0.2, 0) is 16.1 Å². The molecular weight excluding hydrogens is 506 g/mol. The fourth-order valence-corrected chi connectivity index (χ4v) is 7.15. The second-order valence-corrected chi connectivity index (χ2v) is 11.2. The van der Waals surface area contributed by atoms with E-state index in [2.05, 4.69) is 72.8 Å². The number of ether oxygens (including phenoxy) is 2. The second kappa shape index (κ2) is 12.4. The number of hydrogen-bond acceptors (Lipinski definition) is 5. The highest BCUT2D eigenvalue weighted by Crippen LogP contribution is 2.52. The molecule has 4 aromatic rings.